The monoisotopic (exact) mass is 576 g/mol. The van der Waals surface area contributed by atoms with Gasteiger partial charge in [-0.1, -0.05) is 6.07 Å². The molecule has 43 heavy (non-hydrogen) atoms. The number of carbonyl (C=O) groups is 4. The highest BCUT2D eigenvalue weighted by Crippen LogP contribution is 2.42. The Kier molecular flexibility index (Phi) is 6.53. The molecule has 0 unspecified atom stereocenters. The summed E-state index contributed by atoms with van der Waals surface area (Å²) in [5, 5.41) is 16.9. The summed E-state index contributed by atoms with van der Waals surface area (Å²) in [4.78, 5) is 52.5. The molecule has 0 saturated carbocycles. The van der Waals surface area contributed by atoms with Crippen molar-refractivity contribution >= 4 is 40.3 Å². The van der Waals surface area contributed by atoms with Crippen molar-refractivity contribution in [2.24, 2.45) is 0 Å². The Labute approximate surface area is 246 Å². The van der Waals surface area contributed by atoms with Crippen molar-refractivity contribution in [1.29, 1.82) is 0 Å². The first kappa shape index (κ1) is 26.6. The second-order valence-electron chi connectivity index (χ2n) is 11.0. The molecule has 0 bridgehead atoms. The Morgan fingerprint density at radius 1 is 0.907 bits per heavy atom. The number of carbonyl (C=O) groups excluding carboxylic acids is 4. The van der Waals surface area contributed by atoms with Crippen molar-refractivity contribution in [2.75, 3.05) is 44.2 Å². The molecule has 10 heteroatoms. The van der Waals surface area contributed by atoms with E-state index in [1.807, 2.05) is 36.4 Å². The number of anilines is 1. The molecule has 10 nitrogen and oxygen atoms in total. The van der Waals surface area contributed by atoms with Crippen LogP contribution in [0, 0.1) is 0 Å². The van der Waals surface area contributed by atoms with Crippen molar-refractivity contribution in [3.63, 3.8) is 0 Å². The summed E-state index contributed by atoms with van der Waals surface area (Å²) in [6, 6.07) is 16.2. The lowest BCUT2D eigenvalue weighted by atomic mass is 9.89. The fourth-order valence-electron chi connectivity index (χ4n) is 5.81. The lowest BCUT2D eigenvalue weighted by molar-refractivity contribution is -0.254. The Morgan fingerprint density at radius 3 is 2.37 bits per heavy atom. The van der Waals surface area contributed by atoms with Crippen LogP contribution in [0.4, 0.5) is 5.69 Å². The Bertz CT molecular complexity index is 1890. The molecule has 4 aliphatic heterocycles. The minimum atomic E-state index is -1.36. The van der Waals surface area contributed by atoms with Gasteiger partial charge in [-0.05, 0) is 42.3 Å². The third-order valence-corrected chi connectivity index (χ3v) is 8.42. The van der Waals surface area contributed by atoms with Gasteiger partial charge in [0.2, 0.25) is 5.36 Å². The first-order chi connectivity index (χ1) is 20.9. The van der Waals surface area contributed by atoms with Gasteiger partial charge in [0.05, 0.1) is 18.5 Å². The molecular weight excluding hydrogens is 548 g/mol. The number of fused-ring (bicyclic) bond motifs is 2. The molecule has 2 aromatic carbocycles. The zero-order valence-electron chi connectivity index (χ0n) is 23.3. The van der Waals surface area contributed by atoms with Crippen LogP contribution in [0.15, 0.2) is 71.2 Å². The maximum Gasteiger partial charge on any atom is 0.253 e. The van der Waals surface area contributed by atoms with Crippen LogP contribution in [-0.4, -0.2) is 67.9 Å². The molecule has 2 aromatic rings. The van der Waals surface area contributed by atoms with E-state index in [-0.39, 0.29) is 24.2 Å². The second-order valence-corrected chi connectivity index (χ2v) is 11.0. The summed E-state index contributed by atoms with van der Waals surface area (Å²) in [5.41, 5.74) is 3.50. The highest BCUT2D eigenvalue weighted by molar-refractivity contribution is 6.13. The van der Waals surface area contributed by atoms with Crippen LogP contribution in [0.5, 0.6) is 0 Å². The normalized spacial score (nSPS) is 16.1. The zero-order valence-corrected chi connectivity index (χ0v) is 23.3. The van der Waals surface area contributed by atoms with Gasteiger partial charge in [-0.3, -0.25) is 19.3 Å². The van der Waals surface area contributed by atoms with E-state index in [4.69, 9.17) is 4.42 Å². The minimum absolute atomic E-state index is 0.0224. The molecule has 0 radical (unpaired) electrons. The Morgan fingerprint density at radius 2 is 1.70 bits per heavy atom. The van der Waals surface area contributed by atoms with Crippen LogP contribution in [0.1, 0.15) is 33.6 Å². The number of benzene rings is 3. The average Bonchev–Trinajstić information content (AvgIpc) is 3.26. The van der Waals surface area contributed by atoms with Crippen molar-refractivity contribution in [3.05, 3.63) is 83.2 Å². The van der Waals surface area contributed by atoms with Crippen molar-refractivity contribution in [1.82, 2.24) is 14.8 Å². The van der Waals surface area contributed by atoms with Crippen LogP contribution >= 0.6 is 0 Å². The molecule has 4 heterocycles. The van der Waals surface area contributed by atoms with E-state index in [0.717, 1.165) is 55.0 Å². The number of hydrogen-bond acceptors (Lipinski definition) is 7. The van der Waals surface area contributed by atoms with Crippen LogP contribution in [-0.2, 0) is 9.59 Å². The molecule has 0 spiro atoms. The molecule has 0 aromatic heterocycles. The zero-order chi connectivity index (χ0) is 29.7. The van der Waals surface area contributed by atoms with Gasteiger partial charge < -0.3 is 24.5 Å². The standard InChI is InChI=1S/C33H28N4O6/c38-29-9-10-30(39)37(29)16-11-34-32(40)20-3-6-23(33(41)42)26(17-20)31-24-7-4-21(35-12-1-13-35)18-27(24)43-28-19-22(5-8-25(28)31)36-14-2-15-36/h3-10,17-19H,1-2,11-16H2,(H-,34,40,41,42). The molecule has 1 aliphatic carbocycles. The van der Waals surface area contributed by atoms with Gasteiger partial charge in [-0.2, -0.15) is 0 Å². The second kappa shape index (κ2) is 10.5. The summed E-state index contributed by atoms with van der Waals surface area (Å²) >= 11 is 0. The van der Waals surface area contributed by atoms with E-state index in [1.54, 1.807) is 6.07 Å². The number of hydrogen-bond donors (Lipinski definition) is 1. The molecule has 7 rings (SSSR count). The molecule has 216 valence electrons. The van der Waals surface area contributed by atoms with Gasteiger partial charge >= 0.3 is 0 Å². The number of nitrogens with one attached hydrogen (secondary N) is 1. The predicted molar refractivity (Wildman–Crippen MR) is 157 cm³/mol. The molecule has 2 saturated heterocycles. The van der Waals surface area contributed by atoms with Gasteiger partial charge in [0.1, 0.15) is 24.4 Å². The minimum Gasteiger partial charge on any atom is -0.545 e. The largest absolute Gasteiger partial charge is 0.545 e. The van der Waals surface area contributed by atoms with E-state index >= 15 is 0 Å². The summed E-state index contributed by atoms with van der Waals surface area (Å²) in [6.07, 6.45) is 4.63. The number of amides is 3. The first-order valence-electron chi connectivity index (χ1n) is 14.4. The average molecular weight is 577 g/mol. The van der Waals surface area contributed by atoms with Crippen LogP contribution in [0.25, 0.3) is 33.4 Å². The molecule has 1 N–H and O–H groups in total. The first-order valence-corrected chi connectivity index (χ1v) is 14.4. The van der Waals surface area contributed by atoms with E-state index in [2.05, 4.69) is 14.8 Å². The third-order valence-electron chi connectivity index (χ3n) is 8.42. The lowest BCUT2D eigenvalue weighted by Gasteiger charge is -2.33. The van der Waals surface area contributed by atoms with Gasteiger partial charge in [-0.15, -0.1) is 0 Å². The van der Waals surface area contributed by atoms with Gasteiger partial charge in [0, 0.05) is 83.8 Å². The smallest absolute Gasteiger partial charge is 0.253 e. The summed E-state index contributed by atoms with van der Waals surface area (Å²) in [6.45, 7) is 3.93. The van der Waals surface area contributed by atoms with Crippen LogP contribution in [0.2, 0.25) is 0 Å². The highest BCUT2D eigenvalue weighted by Gasteiger charge is 2.26. The SMILES string of the molecule is O=C(NCCN1C(=O)C=CC1=O)c1ccc(C(=O)[O-])c(-c2c3ccc(=[N+]4CCC4)cc-3oc3cc(N4CCC4)ccc23)c1. The number of nitrogens with zero attached hydrogens (tertiary/aromatic N) is 3. The van der Waals surface area contributed by atoms with E-state index in [1.165, 1.54) is 24.3 Å². The number of imide groups is 1. The lowest BCUT2D eigenvalue weighted by Crippen LogP contribution is -2.40. The number of aromatic carboxylic acids is 1. The van der Waals surface area contributed by atoms with E-state index < -0.39 is 23.7 Å². The van der Waals surface area contributed by atoms with Gasteiger partial charge in [0.15, 0.2) is 0 Å². The quantitative estimate of drug-likeness (QED) is 0.201. The Balaban J connectivity index is 1.33. The van der Waals surface area contributed by atoms with Crippen molar-refractivity contribution in [3.8, 4) is 22.5 Å². The van der Waals surface area contributed by atoms with Crippen LogP contribution < -0.4 is 25.3 Å². The van der Waals surface area contributed by atoms with Crippen molar-refractivity contribution < 1.29 is 28.7 Å². The van der Waals surface area contributed by atoms with Crippen LogP contribution in [0.3, 0.4) is 0 Å². The maximum absolute atomic E-state index is 13.2. The number of rotatable bonds is 7. The van der Waals surface area contributed by atoms with E-state index in [9.17, 15) is 24.3 Å². The topological polar surface area (TPSA) is 126 Å². The fourth-order valence-corrected chi connectivity index (χ4v) is 5.81. The summed E-state index contributed by atoms with van der Waals surface area (Å²) < 4.78 is 8.72. The maximum atomic E-state index is 13.2. The third kappa shape index (κ3) is 4.74. The predicted octanol–water partition coefficient (Wildman–Crippen LogP) is 1.61. The number of carboxylic acid groups (broad SMARTS) is 1. The molecule has 3 amide bonds. The van der Waals surface area contributed by atoms with E-state index in [0.29, 0.717) is 33.4 Å². The molecule has 0 atom stereocenters. The van der Waals surface area contributed by atoms with Gasteiger partial charge in [0.25, 0.3) is 17.7 Å². The Hall–Kier alpha value is -5.25. The molecule has 2 fully saturated rings. The summed E-state index contributed by atoms with van der Waals surface area (Å²) in [7, 11) is 0. The van der Waals surface area contributed by atoms with Gasteiger partial charge in [-0.25, -0.2) is 4.58 Å². The number of carboxylic acids is 1. The molecule has 5 aliphatic rings. The summed E-state index contributed by atoms with van der Waals surface area (Å²) in [5.74, 6) is -2.07. The highest BCUT2D eigenvalue weighted by atomic mass is 16.4. The fraction of sp³-hybridized carbons (Fsp3) is 0.242. The van der Waals surface area contributed by atoms with Crippen molar-refractivity contribution in [2.45, 2.75) is 12.8 Å². The molecular formula is C33H28N4O6.